The molecule has 2 heterocycles. The average molecular weight is 397 g/mol. The maximum atomic E-state index is 13.1. The first-order chi connectivity index (χ1) is 13.7. The number of benzene rings is 2. The predicted octanol–water partition coefficient (Wildman–Crippen LogP) is 3.05. The molecule has 144 valence electrons. The summed E-state index contributed by atoms with van der Waals surface area (Å²) in [6, 6.07) is 16.2. The number of nitrogens with one attached hydrogen (secondary N) is 1. The largest absolute Gasteiger partial charge is 0.368 e. The Bertz CT molecular complexity index is 923. The van der Waals surface area contributed by atoms with E-state index in [9.17, 15) is 9.18 Å². The summed E-state index contributed by atoms with van der Waals surface area (Å²) < 4.78 is 13.1. The highest BCUT2D eigenvalue weighted by molar-refractivity contribution is 7.99. The molecule has 4 rings (SSSR count). The van der Waals surface area contributed by atoms with E-state index in [4.69, 9.17) is 0 Å². The number of piperazine rings is 1. The molecular weight excluding hydrogens is 377 g/mol. The number of H-pyrrole nitrogens is 1. The predicted molar refractivity (Wildman–Crippen MR) is 108 cm³/mol. The summed E-state index contributed by atoms with van der Waals surface area (Å²) in [6.07, 6.45) is 0. The molecule has 2 aromatic carbocycles. The van der Waals surface area contributed by atoms with Crippen molar-refractivity contribution in [1.29, 1.82) is 0 Å². The smallest absolute Gasteiger partial charge is 0.233 e. The van der Waals surface area contributed by atoms with Crippen LogP contribution in [0.2, 0.25) is 0 Å². The molecule has 0 bridgehead atoms. The van der Waals surface area contributed by atoms with E-state index in [2.05, 4.69) is 20.1 Å². The summed E-state index contributed by atoms with van der Waals surface area (Å²) in [7, 11) is 0. The second-order valence-corrected chi connectivity index (χ2v) is 7.41. The highest BCUT2D eigenvalue weighted by atomic mass is 32.2. The molecule has 8 heteroatoms. The Morgan fingerprint density at radius 2 is 1.75 bits per heavy atom. The number of carbonyl (C=O) groups excluding carboxylic acids is 1. The van der Waals surface area contributed by atoms with Gasteiger partial charge in [-0.05, 0) is 24.3 Å². The average Bonchev–Trinajstić information content (AvgIpc) is 3.22. The topological polar surface area (TPSA) is 65.1 Å². The SMILES string of the molecule is O=C(CSc1n[nH]c(-c2ccccc2)n1)N1CCN(c2ccc(F)cc2)CC1. The molecule has 0 atom stereocenters. The van der Waals surface area contributed by atoms with Gasteiger partial charge in [-0.25, -0.2) is 9.37 Å². The van der Waals surface area contributed by atoms with Crippen LogP contribution in [0.5, 0.6) is 0 Å². The van der Waals surface area contributed by atoms with Crippen molar-refractivity contribution >= 4 is 23.4 Å². The van der Waals surface area contributed by atoms with Crippen LogP contribution in [0.25, 0.3) is 11.4 Å². The lowest BCUT2D eigenvalue weighted by Crippen LogP contribution is -2.49. The summed E-state index contributed by atoms with van der Waals surface area (Å²) in [5.74, 6) is 0.845. The molecule has 0 spiro atoms. The number of thioether (sulfide) groups is 1. The van der Waals surface area contributed by atoms with Crippen molar-refractivity contribution in [3.8, 4) is 11.4 Å². The number of hydrogen-bond donors (Lipinski definition) is 1. The Labute approximate surface area is 166 Å². The first-order valence-corrected chi connectivity index (χ1v) is 10.1. The number of aromatic amines is 1. The van der Waals surface area contributed by atoms with Gasteiger partial charge < -0.3 is 9.80 Å². The maximum Gasteiger partial charge on any atom is 0.233 e. The van der Waals surface area contributed by atoms with E-state index in [0.29, 0.717) is 29.8 Å². The van der Waals surface area contributed by atoms with Gasteiger partial charge in [-0.15, -0.1) is 5.10 Å². The van der Waals surface area contributed by atoms with E-state index in [0.717, 1.165) is 24.3 Å². The Kier molecular flexibility index (Phi) is 5.57. The van der Waals surface area contributed by atoms with Crippen molar-refractivity contribution in [2.75, 3.05) is 36.8 Å². The fraction of sp³-hybridized carbons (Fsp3) is 0.250. The number of halogens is 1. The molecule has 1 aliphatic rings. The number of carbonyl (C=O) groups is 1. The van der Waals surface area contributed by atoms with Crippen LogP contribution in [-0.4, -0.2) is 57.9 Å². The van der Waals surface area contributed by atoms with Gasteiger partial charge in [0.2, 0.25) is 11.1 Å². The van der Waals surface area contributed by atoms with Crippen LogP contribution < -0.4 is 4.90 Å². The summed E-state index contributed by atoms with van der Waals surface area (Å²) >= 11 is 1.34. The van der Waals surface area contributed by atoms with Crippen LogP contribution in [0, 0.1) is 5.82 Å². The monoisotopic (exact) mass is 397 g/mol. The molecule has 1 saturated heterocycles. The lowest BCUT2D eigenvalue weighted by Gasteiger charge is -2.36. The van der Waals surface area contributed by atoms with E-state index in [1.165, 1.54) is 23.9 Å². The van der Waals surface area contributed by atoms with E-state index in [1.54, 1.807) is 12.1 Å². The number of nitrogens with zero attached hydrogens (tertiary/aromatic N) is 4. The molecule has 1 amide bonds. The van der Waals surface area contributed by atoms with Crippen LogP contribution in [0.4, 0.5) is 10.1 Å². The van der Waals surface area contributed by atoms with Crippen LogP contribution in [0.15, 0.2) is 59.8 Å². The molecule has 1 aromatic heterocycles. The lowest BCUT2D eigenvalue weighted by molar-refractivity contribution is -0.128. The molecule has 0 saturated carbocycles. The van der Waals surface area contributed by atoms with Crippen LogP contribution in [0.1, 0.15) is 0 Å². The molecule has 28 heavy (non-hydrogen) atoms. The zero-order valence-corrected chi connectivity index (χ0v) is 16.0. The molecule has 0 aliphatic carbocycles. The molecule has 1 N–H and O–H groups in total. The summed E-state index contributed by atoms with van der Waals surface area (Å²) in [4.78, 5) is 21.0. The van der Waals surface area contributed by atoms with E-state index in [-0.39, 0.29) is 11.7 Å². The van der Waals surface area contributed by atoms with Gasteiger partial charge in [0, 0.05) is 37.4 Å². The summed E-state index contributed by atoms with van der Waals surface area (Å²) in [5.41, 5.74) is 1.95. The first kappa shape index (κ1) is 18.5. The highest BCUT2D eigenvalue weighted by Crippen LogP contribution is 2.20. The minimum atomic E-state index is -0.239. The third kappa shape index (κ3) is 4.33. The Balaban J connectivity index is 1.27. The van der Waals surface area contributed by atoms with Gasteiger partial charge in [-0.1, -0.05) is 42.1 Å². The molecule has 1 fully saturated rings. The summed E-state index contributed by atoms with van der Waals surface area (Å²) in [6.45, 7) is 2.78. The van der Waals surface area contributed by atoms with Crippen molar-refractivity contribution in [2.24, 2.45) is 0 Å². The third-order valence-electron chi connectivity index (χ3n) is 4.66. The van der Waals surface area contributed by atoms with Crippen LogP contribution in [0.3, 0.4) is 0 Å². The minimum absolute atomic E-state index is 0.0785. The highest BCUT2D eigenvalue weighted by Gasteiger charge is 2.21. The molecule has 1 aliphatic heterocycles. The van der Waals surface area contributed by atoms with Crippen molar-refractivity contribution in [1.82, 2.24) is 20.1 Å². The summed E-state index contributed by atoms with van der Waals surface area (Å²) in [5, 5.41) is 7.67. The number of hydrogen-bond acceptors (Lipinski definition) is 5. The zero-order chi connectivity index (χ0) is 19.3. The quantitative estimate of drug-likeness (QED) is 0.671. The number of amides is 1. The van der Waals surface area contributed by atoms with Crippen molar-refractivity contribution < 1.29 is 9.18 Å². The van der Waals surface area contributed by atoms with Crippen molar-refractivity contribution in [3.05, 3.63) is 60.4 Å². The van der Waals surface area contributed by atoms with E-state index >= 15 is 0 Å². The second kappa shape index (κ2) is 8.43. The van der Waals surface area contributed by atoms with Crippen LogP contribution >= 0.6 is 11.8 Å². The fourth-order valence-corrected chi connectivity index (χ4v) is 3.82. The lowest BCUT2D eigenvalue weighted by atomic mass is 10.2. The van der Waals surface area contributed by atoms with Gasteiger partial charge in [0.1, 0.15) is 5.82 Å². The van der Waals surface area contributed by atoms with Crippen LogP contribution in [-0.2, 0) is 4.79 Å². The number of rotatable bonds is 5. The number of anilines is 1. The van der Waals surface area contributed by atoms with Gasteiger partial charge in [-0.2, -0.15) is 0 Å². The Morgan fingerprint density at radius 3 is 2.46 bits per heavy atom. The van der Waals surface area contributed by atoms with Crippen molar-refractivity contribution in [2.45, 2.75) is 5.16 Å². The molecule has 3 aromatic rings. The molecule has 0 radical (unpaired) electrons. The molecular formula is C20H20FN5OS. The Morgan fingerprint density at radius 1 is 1.04 bits per heavy atom. The van der Waals surface area contributed by atoms with E-state index in [1.807, 2.05) is 35.2 Å². The normalized spacial score (nSPS) is 14.3. The first-order valence-electron chi connectivity index (χ1n) is 9.08. The molecule has 0 unspecified atom stereocenters. The van der Waals surface area contributed by atoms with Crippen molar-refractivity contribution in [3.63, 3.8) is 0 Å². The Hall–Kier alpha value is -2.87. The minimum Gasteiger partial charge on any atom is -0.368 e. The second-order valence-electron chi connectivity index (χ2n) is 6.47. The van der Waals surface area contributed by atoms with Gasteiger partial charge in [0.25, 0.3) is 0 Å². The van der Waals surface area contributed by atoms with Gasteiger partial charge >= 0.3 is 0 Å². The maximum absolute atomic E-state index is 13.1. The van der Waals surface area contributed by atoms with Gasteiger partial charge in [0.05, 0.1) is 5.75 Å². The zero-order valence-electron chi connectivity index (χ0n) is 15.2. The molecule has 6 nitrogen and oxygen atoms in total. The third-order valence-corrected chi connectivity index (χ3v) is 5.49. The van der Waals surface area contributed by atoms with Gasteiger partial charge in [-0.3, -0.25) is 9.89 Å². The fourth-order valence-electron chi connectivity index (χ4n) is 3.12. The van der Waals surface area contributed by atoms with E-state index < -0.39 is 0 Å². The standard InChI is InChI=1S/C20H20FN5OS/c21-16-6-8-17(9-7-16)25-10-12-26(13-11-25)18(27)14-28-20-22-19(23-24-20)15-4-2-1-3-5-15/h1-9H,10-14H2,(H,22,23,24). The number of aromatic nitrogens is 3. The van der Waals surface area contributed by atoms with Gasteiger partial charge in [0.15, 0.2) is 5.82 Å².